The second-order valence-corrected chi connectivity index (χ2v) is 9.31. The number of sulfonamides is 1. The fourth-order valence-electron chi connectivity index (χ4n) is 4.22. The number of aryl methyl sites for hydroxylation is 1. The first kappa shape index (κ1) is 20.1. The zero-order chi connectivity index (χ0) is 21.7. The Morgan fingerprint density at radius 2 is 1.83 bits per heavy atom. The van der Waals surface area contributed by atoms with Crippen molar-refractivity contribution in [3.05, 3.63) is 84.0 Å². The van der Waals surface area contributed by atoms with Gasteiger partial charge in [-0.2, -0.15) is 0 Å². The van der Waals surface area contributed by atoms with Gasteiger partial charge in [0.25, 0.3) is 15.9 Å². The molecule has 1 fully saturated rings. The number of carbonyl (C=O) groups excluding carboxylic acids is 2. The van der Waals surface area contributed by atoms with E-state index in [-0.39, 0.29) is 22.7 Å². The van der Waals surface area contributed by atoms with Gasteiger partial charge in [0, 0.05) is 17.9 Å². The number of hydrogen-bond donors (Lipinski definition) is 0. The van der Waals surface area contributed by atoms with Crippen molar-refractivity contribution >= 4 is 21.7 Å². The number of allylic oxidation sites excluding steroid dienone is 1. The second-order valence-electron chi connectivity index (χ2n) is 7.53. The topological polar surface area (TPSA) is 80.8 Å². The van der Waals surface area contributed by atoms with Crippen molar-refractivity contribution in [1.82, 2.24) is 4.31 Å². The van der Waals surface area contributed by atoms with E-state index in [9.17, 15) is 18.0 Å². The van der Waals surface area contributed by atoms with E-state index in [4.69, 9.17) is 4.74 Å². The predicted octanol–water partition coefficient (Wildman–Crippen LogP) is 3.13. The van der Waals surface area contributed by atoms with Crippen molar-refractivity contribution in [3.63, 3.8) is 0 Å². The summed E-state index contributed by atoms with van der Waals surface area (Å²) in [5.74, 6) is -1.07. The largest absolute Gasteiger partial charge is 0.497 e. The predicted molar refractivity (Wildman–Crippen MR) is 111 cm³/mol. The molecule has 2 aromatic rings. The SMILES string of the molecule is C=C1C(=O)N(S(=O)(=O)c2ccc(C)cc2)[C@]2(c3cccc(OC)c3)C=CC(=O)C[C@H]12. The molecule has 2 atom stereocenters. The highest BCUT2D eigenvalue weighted by molar-refractivity contribution is 7.89. The Balaban J connectivity index is 2.01. The van der Waals surface area contributed by atoms with Crippen molar-refractivity contribution in [3.8, 4) is 5.75 Å². The maximum absolute atomic E-state index is 13.7. The molecule has 2 aliphatic rings. The van der Waals surface area contributed by atoms with Crippen LogP contribution in [-0.4, -0.2) is 31.5 Å². The molecule has 0 N–H and O–H groups in total. The lowest BCUT2D eigenvalue weighted by Gasteiger charge is -2.40. The van der Waals surface area contributed by atoms with E-state index in [1.54, 1.807) is 36.4 Å². The highest BCUT2D eigenvalue weighted by Crippen LogP contribution is 2.53. The number of carbonyl (C=O) groups is 2. The molecule has 1 saturated heterocycles. The maximum atomic E-state index is 13.7. The first-order chi connectivity index (χ1) is 14.2. The van der Waals surface area contributed by atoms with Gasteiger partial charge in [0.15, 0.2) is 5.78 Å². The number of ether oxygens (including phenoxy) is 1. The van der Waals surface area contributed by atoms with E-state index in [2.05, 4.69) is 6.58 Å². The highest BCUT2D eigenvalue weighted by atomic mass is 32.2. The number of ketones is 1. The summed E-state index contributed by atoms with van der Waals surface area (Å²) in [6.07, 6.45) is 2.86. The van der Waals surface area contributed by atoms with E-state index in [0.29, 0.717) is 11.3 Å². The van der Waals surface area contributed by atoms with Crippen LogP contribution in [0.2, 0.25) is 0 Å². The number of fused-ring (bicyclic) bond motifs is 1. The van der Waals surface area contributed by atoms with Crippen molar-refractivity contribution in [2.45, 2.75) is 23.8 Å². The van der Waals surface area contributed by atoms with Crippen molar-refractivity contribution in [1.29, 1.82) is 0 Å². The number of benzene rings is 2. The standard InChI is InChI=1S/C23H21NO5S/c1-15-7-9-20(10-8-15)30(27,28)24-22(26)16(2)21-14-18(25)11-12-23(21,24)17-5-4-6-19(13-17)29-3/h4-13,21H,2,14H2,1,3H3/t21-,23+/m1/s1. The van der Waals surface area contributed by atoms with Crippen LogP contribution in [-0.2, 0) is 25.2 Å². The summed E-state index contributed by atoms with van der Waals surface area (Å²) in [4.78, 5) is 25.5. The second kappa shape index (κ2) is 6.95. The van der Waals surface area contributed by atoms with Crippen molar-refractivity contribution in [2.24, 2.45) is 5.92 Å². The summed E-state index contributed by atoms with van der Waals surface area (Å²) in [5, 5.41) is 0. The Kier molecular flexibility index (Phi) is 4.66. The van der Waals surface area contributed by atoms with Crippen LogP contribution in [0.25, 0.3) is 0 Å². The first-order valence-corrected chi connectivity index (χ1v) is 10.9. The zero-order valence-electron chi connectivity index (χ0n) is 16.7. The van der Waals surface area contributed by atoms with Crippen LogP contribution in [0.4, 0.5) is 0 Å². The van der Waals surface area contributed by atoms with E-state index < -0.39 is 27.4 Å². The van der Waals surface area contributed by atoms with Crippen LogP contribution in [0.1, 0.15) is 17.5 Å². The van der Waals surface area contributed by atoms with Crippen LogP contribution >= 0.6 is 0 Å². The number of hydrogen-bond acceptors (Lipinski definition) is 5. The van der Waals surface area contributed by atoms with Gasteiger partial charge in [0.1, 0.15) is 11.3 Å². The Morgan fingerprint density at radius 1 is 1.13 bits per heavy atom. The van der Waals surface area contributed by atoms with Gasteiger partial charge >= 0.3 is 0 Å². The normalized spacial score (nSPS) is 23.6. The molecule has 1 aliphatic carbocycles. The van der Waals surface area contributed by atoms with Gasteiger partial charge in [-0.15, -0.1) is 0 Å². The molecule has 2 aromatic carbocycles. The summed E-state index contributed by atoms with van der Waals surface area (Å²) in [5.41, 5.74) is 0.152. The number of rotatable bonds is 4. The van der Waals surface area contributed by atoms with Crippen LogP contribution in [0.5, 0.6) is 5.75 Å². The van der Waals surface area contributed by atoms with Crippen molar-refractivity contribution in [2.75, 3.05) is 7.11 Å². The molecule has 30 heavy (non-hydrogen) atoms. The molecule has 0 spiro atoms. The zero-order valence-corrected chi connectivity index (χ0v) is 17.5. The first-order valence-electron chi connectivity index (χ1n) is 9.43. The molecule has 154 valence electrons. The molecule has 1 heterocycles. The third-order valence-electron chi connectivity index (χ3n) is 5.77. The van der Waals surface area contributed by atoms with E-state index in [1.807, 2.05) is 6.92 Å². The average molecular weight is 423 g/mol. The molecular weight excluding hydrogens is 402 g/mol. The van der Waals surface area contributed by atoms with Gasteiger partial charge in [-0.3, -0.25) is 9.59 Å². The quantitative estimate of drug-likeness (QED) is 0.706. The van der Waals surface area contributed by atoms with Crippen LogP contribution in [0.3, 0.4) is 0 Å². The summed E-state index contributed by atoms with van der Waals surface area (Å²) >= 11 is 0. The molecule has 0 unspecified atom stereocenters. The molecule has 1 aliphatic heterocycles. The van der Waals surface area contributed by atoms with E-state index >= 15 is 0 Å². The van der Waals surface area contributed by atoms with Gasteiger partial charge in [-0.1, -0.05) is 36.4 Å². The molecule has 4 rings (SSSR count). The van der Waals surface area contributed by atoms with Gasteiger partial charge in [0.2, 0.25) is 0 Å². The molecule has 6 nitrogen and oxygen atoms in total. The molecular formula is C23H21NO5S. The fraction of sp³-hybridized carbons (Fsp3) is 0.217. The van der Waals surface area contributed by atoms with Gasteiger partial charge in [-0.05, 0) is 48.9 Å². The number of amides is 1. The minimum Gasteiger partial charge on any atom is -0.497 e. The van der Waals surface area contributed by atoms with Crippen LogP contribution in [0.15, 0.2) is 77.7 Å². The third kappa shape index (κ3) is 2.81. The molecule has 7 heteroatoms. The molecule has 0 bridgehead atoms. The number of methoxy groups -OCH3 is 1. The lowest BCUT2D eigenvalue weighted by atomic mass is 9.72. The highest BCUT2D eigenvalue weighted by Gasteiger charge is 2.61. The smallest absolute Gasteiger partial charge is 0.267 e. The lowest BCUT2D eigenvalue weighted by molar-refractivity contribution is -0.123. The van der Waals surface area contributed by atoms with Gasteiger partial charge in [-0.25, -0.2) is 12.7 Å². The average Bonchev–Trinajstić information content (AvgIpc) is 2.96. The minimum absolute atomic E-state index is 0.00178. The summed E-state index contributed by atoms with van der Waals surface area (Å²) in [7, 11) is -2.72. The van der Waals surface area contributed by atoms with Crippen molar-refractivity contribution < 1.29 is 22.7 Å². The Hall–Kier alpha value is -3.19. The van der Waals surface area contributed by atoms with Gasteiger partial charge in [0.05, 0.1) is 12.0 Å². The van der Waals surface area contributed by atoms with E-state index in [0.717, 1.165) is 9.87 Å². The molecule has 0 saturated carbocycles. The van der Waals surface area contributed by atoms with Gasteiger partial charge < -0.3 is 4.74 Å². The summed E-state index contributed by atoms with van der Waals surface area (Å²) in [6.45, 7) is 5.72. The Bertz CT molecular complexity index is 1200. The summed E-state index contributed by atoms with van der Waals surface area (Å²) in [6, 6.07) is 13.2. The molecule has 1 amide bonds. The third-order valence-corrected chi connectivity index (χ3v) is 7.58. The van der Waals surface area contributed by atoms with Crippen LogP contribution in [0, 0.1) is 12.8 Å². The Morgan fingerprint density at radius 3 is 2.50 bits per heavy atom. The maximum Gasteiger partial charge on any atom is 0.267 e. The Labute approximate surface area is 175 Å². The fourth-order valence-corrected chi connectivity index (χ4v) is 5.93. The monoisotopic (exact) mass is 423 g/mol. The molecule has 0 radical (unpaired) electrons. The van der Waals surface area contributed by atoms with E-state index in [1.165, 1.54) is 31.4 Å². The number of nitrogens with zero attached hydrogens (tertiary/aromatic N) is 1. The minimum atomic E-state index is -4.23. The lowest BCUT2D eigenvalue weighted by Crippen LogP contribution is -2.50. The summed E-state index contributed by atoms with van der Waals surface area (Å²) < 4.78 is 33.6. The van der Waals surface area contributed by atoms with Crippen LogP contribution < -0.4 is 4.74 Å². The molecule has 0 aromatic heterocycles.